The highest BCUT2D eigenvalue weighted by Gasteiger charge is 2.02. The maximum atomic E-state index is 5.66. The molecule has 0 aromatic heterocycles. The van der Waals surface area contributed by atoms with Crippen LogP contribution >= 0.6 is 0 Å². The molecule has 86 valence electrons. The van der Waals surface area contributed by atoms with E-state index in [1.165, 1.54) is 5.56 Å². The van der Waals surface area contributed by atoms with Gasteiger partial charge < -0.3 is 10.1 Å². The predicted molar refractivity (Wildman–Crippen MR) is 66.3 cm³/mol. The summed E-state index contributed by atoms with van der Waals surface area (Å²) in [6, 6.07) is 8.11. The van der Waals surface area contributed by atoms with Crippen LogP contribution in [0.1, 0.15) is 33.3 Å². The number of nitrogens with one attached hydrogen (secondary N) is 1. The van der Waals surface area contributed by atoms with Crippen LogP contribution in [0.5, 0.6) is 5.75 Å². The van der Waals surface area contributed by atoms with E-state index in [0.717, 1.165) is 12.3 Å². The Hall–Kier alpha value is -1.02. The van der Waals surface area contributed by atoms with Gasteiger partial charge in [0.2, 0.25) is 0 Å². The standard InChI is InChI=1S/C11H17NO.C2H6/c1-9(2)13-11-7-5-4-6-10(11)8-12-3;1-2/h4-7,9,12H,8H2,1-3H3;1-2H3. The van der Waals surface area contributed by atoms with E-state index in [1.807, 2.05) is 52.9 Å². The van der Waals surface area contributed by atoms with E-state index in [2.05, 4.69) is 11.4 Å². The Morgan fingerprint density at radius 1 is 1.20 bits per heavy atom. The van der Waals surface area contributed by atoms with Crippen LogP contribution in [0.15, 0.2) is 24.3 Å². The van der Waals surface area contributed by atoms with Gasteiger partial charge in [0.1, 0.15) is 5.75 Å². The molecule has 0 saturated heterocycles. The topological polar surface area (TPSA) is 21.3 Å². The first-order valence-corrected chi connectivity index (χ1v) is 5.63. The summed E-state index contributed by atoms with van der Waals surface area (Å²) in [6.07, 6.45) is 0.234. The molecule has 0 heterocycles. The van der Waals surface area contributed by atoms with Gasteiger partial charge >= 0.3 is 0 Å². The van der Waals surface area contributed by atoms with Crippen molar-refractivity contribution in [2.75, 3.05) is 7.05 Å². The molecule has 0 spiro atoms. The Kier molecular flexibility index (Phi) is 7.74. The Morgan fingerprint density at radius 2 is 1.80 bits per heavy atom. The van der Waals surface area contributed by atoms with E-state index in [1.54, 1.807) is 0 Å². The van der Waals surface area contributed by atoms with Crippen molar-refractivity contribution < 1.29 is 4.74 Å². The number of hydrogen-bond acceptors (Lipinski definition) is 2. The highest BCUT2D eigenvalue weighted by atomic mass is 16.5. The molecule has 0 radical (unpaired) electrons. The molecule has 2 heteroatoms. The molecule has 1 N–H and O–H groups in total. The molecule has 0 amide bonds. The van der Waals surface area contributed by atoms with Crippen molar-refractivity contribution in [3.05, 3.63) is 29.8 Å². The van der Waals surface area contributed by atoms with Crippen molar-refractivity contribution in [3.63, 3.8) is 0 Å². The maximum Gasteiger partial charge on any atom is 0.124 e. The molecule has 1 rings (SSSR count). The lowest BCUT2D eigenvalue weighted by atomic mass is 10.2. The summed E-state index contributed by atoms with van der Waals surface area (Å²) in [7, 11) is 1.94. The number of rotatable bonds is 4. The van der Waals surface area contributed by atoms with Gasteiger partial charge in [-0.1, -0.05) is 32.0 Å². The minimum Gasteiger partial charge on any atom is -0.491 e. The fraction of sp³-hybridized carbons (Fsp3) is 0.538. The van der Waals surface area contributed by atoms with E-state index < -0.39 is 0 Å². The summed E-state index contributed by atoms with van der Waals surface area (Å²) < 4.78 is 5.66. The minimum atomic E-state index is 0.234. The average molecular weight is 209 g/mol. The molecule has 1 aromatic carbocycles. The van der Waals surface area contributed by atoms with Gasteiger partial charge in [-0.2, -0.15) is 0 Å². The normalized spacial score (nSPS) is 9.47. The van der Waals surface area contributed by atoms with Crippen LogP contribution in [-0.4, -0.2) is 13.2 Å². The average Bonchev–Trinajstić information content (AvgIpc) is 2.23. The lowest BCUT2D eigenvalue weighted by Gasteiger charge is -2.13. The first kappa shape index (κ1) is 14.0. The highest BCUT2D eigenvalue weighted by Crippen LogP contribution is 2.18. The van der Waals surface area contributed by atoms with Crippen LogP contribution in [0.3, 0.4) is 0 Å². The van der Waals surface area contributed by atoms with Crippen LogP contribution < -0.4 is 10.1 Å². The SMILES string of the molecule is CC.CNCc1ccccc1OC(C)C. The second-order valence-electron chi connectivity index (χ2n) is 3.30. The van der Waals surface area contributed by atoms with Crippen molar-refractivity contribution in [2.24, 2.45) is 0 Å². The summed E-state index contributed by atoms with van der Waals surface area (Å²) in [5.41, 5.74) is 1.21. The summed E-state index contributed by atoms with van der Waals surface area (Å²) in [4.78, 5) is 0. The molecule has 0 aliphatic carbocycles. The molecule has 2 nitrogen and oxygen atoms in total. The van der Waals surface area contributed by atoms with E-state index in [-0.39, 0.29) is 6.10 Å². The lowest BCUT2D eigenvalue weighted by Crippen LogP contribution is -2.11. The Labute approximate surface area is 93.7 Å². The predicted octanol–water partition coefficient (Wildman–Crippen LogP) is 3.22. The van der Waals surface area contributed by atoms with E-state index in [0.29, 0.717) is 0 Å². The molecule has 0 fully saturated rings. The molecule has 0 saturated carbocycles. The summed E-state index contributed by atoms with van der Waals surface area (Å²) in [5, 5.41) is 3.12. The molecule has 0 bridgehead atoms. The molecule has 1 aromatic rings. The zero-order valence-electron chi connectivity index (χ0n) is 10.5. The maximum absolute atomic E-state index is 5.66. The molecular formula is C13H23NO. The largest absolute Gasteiger partial charge is 0.491 e. The van der Waals surface area contributed by atoms with Gasteiger partial charge in [-0.25, -0.2) is 0 Å². The van der Waals surface area contributed by atoms with Crippen LogP contribution in [-0.2, 0) is 6.54 Å². The van der Waals surface area contributed by atoms with Crippen LogP contribution in [0, 0.1) is 0 Å². The number of para-hydroxylation sites is 1. The second kappa shape index (κ2) is 8.30. The number of hydrogen-bond donors (Lipinski definition) is 1. The third-order valence-electron chi connectivity index (χ3n) is 1.70. The number of ether oxygens (including phenoxy) is 1. The van der Waals surface area contributed by atoms with Crippen molar-refractivity contribution >= 4 is 0 Å². The zero-order chi connectivity index (χ0) is 11.7. The summed E-state index contributed by atoms with van der Waals surface area (Å²) in [6.45, 7) is 8.93. The van der Waals surface area contributed by atoms with Crippen molar-refractivity contribution in [2.45, 2.75) is 40.3 Å². The van der Waals surface area contributed by atoms with E-state index in [9.17, 15) is 0 Å². The molecule has 0 aliphatic rings. The minimum absolute atomic E-state index is 0.234. The molecule has 0 unspecified atom stereocenters. The first-order chi connectivity index (χ1) is 7.24. The quantitative estimate of drug-likeness (QED) is 0.822. The van der Waals surface area contributed by atoms with E-state index in [4.69, 9.17) is 4.74 Å². The van der Waals surface area contributed by atoms with E-state index >= 15 is 0 Å². The van der Waals surface area contributed by atoms with Gasteiger partial charge in [-0.15, -0.1) is 0 Å². The van der Waals surface area contributed by atoms with Gasteiger partial charge in [0.05, 0.1) is 6.10 Å². The second-order valence-corrected chi connectivity index (χ2v) is 3.30. The third kappa shape index (κ3) is 5.43. The Morgan fingerprint density at radius 3 is 2.33 bits per heavy atom. The molecular weight excluding hydrogens is 186 g/mol. The van der Waals surface area contributed by atoms with Crippen LogP contribution in [0.2, 0.25) is 0 Å². The Balaban J connectivity index is 0.000000921. The lowest BCUT2D eigenvalue weighted by molar-refractivity contribution is 0.239. The van der Waals surface area contributed by atoms with Gasteiger partial charge in [-0.05, 0) is 27.0 Å². The van der Waals surface area contributed by atoms with Gasteiger partial charge in [0.15, 0.2) is 0 Å². The number of benzene rings is 1. The zero-order valence-corrected chi connectivity index (χ0v) is 10.5. The summed E-state index contributed by atoms with van der Waals surface area (Å²) in [5.74, 6) is 0.979. The van der Waals surface area contributed by atoms with Gasteiger partial charge in [-0.3, -0.25) is 0 Å². The smallest absolute Gasteiger partial charge is 0.124 e. The third-order valence-corrected chi connectivity index (χ3v) is 1.70. The van der Waals surface area contributed by atoms with Crippen molar-refractivity contribution in [3.8, 4) is 5.75 Å². The van der Waals surface area contributed by atoms with Crippen LogP contribution in [0.25, 0.3) is 0 Å². The molecule has 15 heavy (non-hydrogen) atoms. The van der Waals surface area contributed by atoms with Crippen molar-refractivity contribution in [1.82, 2.24) is 5.32 Å². The van der Waals surface area contributed by atoms with Gasteiger partial charge in [0, 0.05) is 12.1 Å². The fourth-order valence-corrected chi connectivity index (χ4v) is 1.21. The van der Waals surface area contributed by atoms with Crippen LogP contribution in [0.4, 0.5) is 0 Å². The van der Waals surface area contributed by atoms with Crippen molar-refractivity contribution in [1.29, 1.82) is 0 Å². The first-order valence-electron chi connectivity index (χ1n) is 5.63. The monoisotopic (exact) mass is 209 g/mol. The molecule has 0 atom stereocenters. The Bertz CT molecular complexity index is 258. The summed E-state index contributed by atoms with van der Waals surface area (Å²) >= 11 is 0. The van der Waals surface area contributed by atoms with Gasteiger partial charge in [0.25, 0.3) is 0 Å². The fourth-order valence-electron chi connectivity index (χ4n) is 1.21. The highest BCUT2D eigenvalue weighted by molar-refractivity contribution is 5.33. The molecule has 0 aliphatic heterocycles.